The van der Waals surface area contributed by atoms with Crippen molar-refractivity contribution in [3.05, 3.63) is 0 Å². The quantitative estimate of drug-likeness (QED) is 0.402. The zero-order valence-corrected chi connectivity index (χ0v) is 9.25. The van der Waals surface area contributed by atoms with Crippen molar-refractivity contribution in [1.29, 1.82) is 0 Å². The van der Waals surface area contributed by atoms with Gasteiger partial charge < -0.3 is 25.8 Å². The Labute approximate surface area is 97.0 Å². The monoisotopic (exact) mass is 253 g/mol. The van der Waals surface area contributed by atoms with Crippen LogP contribution >= 0.6 is 0 Å². The van der Waals surface area contributed by atoms with Crippen molar-refractivity contribution in [2.24, 2.45) is 5.73 Å². The summed E-state index contributed by atoms with van der Waals surface area (Å²) in [6.07, 6.45) is -5.31. The fraction of sp³-hybridized carbons (Fsp3) is 0.778. The van der Waals surface area contributed by atoms with Gasteiger partial charge in [0.25, 0.3) is 0 Å². The fourth-order valence-corrected chi connectivity index (χ4v) is 0.904. The first-order chi connectivity index (χ1) is 7.79. The zero-order valence-electron chi connectivity index (χ0n) is 9.25. The van der Waals surface area contributed by atoms with Crippen LogP contribution in [0.15, 0.2) is 0 Å². The maximum Gasteiger partial charge on any atom is 0.341 e. The molecule has 0 fully saturated rings. The van der Waals surface area contributed by atoms with E-state index in [-0.39, 0.29) is 0 Å². The van der Waals surface area contributed by atoms with Crippen molar-refractivity contribution in [1.82, 2.24) is 0 Å². The third-order valence-electron chi connectivity index (χ3n) is 2.06. The van der Waals surface area contributed by atoms with Crippen LogP contribution in [0.2, 0.25) is 0 Å². The molecule has 17 heavy (non-hydrogen) atoms. The fourth-order valence-electron chi connectivity index (χ4n) is 0.904. The highest BCUT2D eigenvalue weighted by atomic mass is 19.1. The molecule has 0 aromatic heterocycles. The number of halogens is 1. The molecule has 2 unspecified atom stereocenters. The summed E-state index contributed by atoms with van der Waals surface area (Å²) < 4.78 is 17.6. The summed E-state index contributed by atoms with van der Waals surface area (Å²) in [5.74, 6) is -2.74. The van der Waals surface area contributed by atoms with E-state index >= 15 is 0 Å². The number of aliphatic hydroxyl groups excluding tert-OH is 2. The number of hydrogen-bond acceptors (Lipinski definition) is 6. The second-order valence-electron chi connectivity index (χ2n) is 3.54. The van der Waals surface area contributed by atoms with Crippen molar-refractivity contribution >= 4 is 11.9 Å². The van der Waals surface area contributed by atoms with Crippen molar-refractivity contribution < 1.29 is 34.0 Å². The van der Waals surface area contributed by atoms with E-state index < -0.39 is 49.4 Å². The van der Waals surface area contributed by atoms with E-state index in [1.165, 1.54) is 6.92 Å². The van der Waals surface area contributed by atoms with Crippen molar-refractivity contribution in [2.45, 2.75) is 37.8 Å². The van der Waals surface area contributed by atoms with Gasteiger partial charge in [0.15, 0.2) is 6.17 Å². The summed E-state index contributed by atoms with van der Waals surface area (Å²) in [6.45, 7) is 0.628. The molecule has 7 nitrogen and oxygen atoms in total. The largest absolute Gasteiger partial charge is 0.480 e. The molecular weight excluding hydrogens is 237 g/mol. The summed E-state index contributed by atoms with van der Waals surface area (Å²) in [7, 11) is 0. The number of alkyl halides is 1. The Hall–Kier alpha value is -1.25. The average molecular weight is 253 g/mol. The number of carbonyl (C=O) groups excluding carboxylic acids is 1. The van der Waals surface area contributed by atoms with Gasteiger partial charge in [-0.05, 0) is 6.92 Å². The minimum Gasteiger partial charge on any atom is -0.480 e. The SMILES string of the molecule is C[C@H](OC(=O)C(F)CC(N)C(=O)O)[C@H](O)CO. The number of carboxylic acids is 1. The van der Waals surface area contributed by atoms with Crippen LogP contribution in [0.5, 0.6) is 0 Å². The number of aliphatic carboxylic acids is 1. The van der Waals surface area contributed by atoms with Crippen LogP contribution in [0.3, 0.4) is 0 Å². The molecule has 0 aromatic rings. The van der Waals surface area contributed by atoms with Crippen molar-refractivity contribution in [3.8, 4) is 0 Å². The second-order valence-corrected chi connectivity index (χ2v) is 3.54. The number of hydrogen-bond donors (Lipinski definition) is 4. The van der Waals surface area contributed by atoms with Crippen LogP contribution in [-0.4, -0.2) is 58.3 Å². The van der Waals surface area contributed by atoms with Crippen LogP contribution in [0.4, 0.5) is 4.39 Å². The number of ether oxygens (including phenoxy) is 1. The van der Waals surface area contributed by atoms with E-state index in [4.69, 9.17) is 21.1 Å². The number of esters is 1. The summed E-state index contributed by atoms with van der Waals surface area (Å²) in [4.78, 5) is 21.4. The van der Waals surface area contributed by atoms with Crippen molar-refractivity contribution in [2.75, 3.05) is 6.61 Å². The molecule has 0 spiro atoms. The molecule has 0 aliphatic rings. The van der Waals surface area contributed by atoms with Gasteiger partial charge in [-0.15, -0.1) is 0 Å². The molecule has 0 radical (unpaired) electrons. The van der Waals surface area contributed by atoms with E-state index in [0.717, 1.165) is 0 Å². The zero-order chi connectivity index (χ0) is 13.6. The Morgan fingerprint density at radius 1 is 1.47 bits per heavy atom. The molecule has 0 amide bonds. The first kappa shape index (κ1) is 15.8. The van der Waals surface area contributed by atoms with Gasteiger partial charge in [-0.1, -0.05) is 0 Å². The maximum atomic E-state index is 13.2. The maximum absolute atomic E-state index is 13.2. The highest BCUT2D eigenvalue weighted by Crippen LogP contribution is 2.08. The van der Waals surface area contributed by atoms with Crippen LogP contribution in [0.1, 0.15) is 13.3 Å². The molecule has 0 heterocycles. The molecule has 4 atom stereocenters. The van der Waals surface area contributed by atoms with Gasteiger partial charge in [0.1, 0.15) is 18.2 Å². The van der Waals surface area contributed by atoms with Gasteiger partial charge in [-0.2, -0.15) is 0 Å². The van der Waals surface area contributed by atoms with E-state index in [1.54, 1.807) is 0 Å². The normalized spacial score (nSPS) is 17.9. The Morgan fingerprint density at radius 2 is 2.00 bits per heavy atom. The van der Waals surface area contributed by atoms with E-state index in [9.17, 15) is 14.0 Å². The van der Waals surface area contributed by atoms with Gasteiger partial charge in [-0.3, -0.25) is 4.79 Å². The lowest BCUT2D eigenvalue weighted by Gasteiger charge is -2.19. The van der Waals surface area contributed by atoms with E-state index in [1.807, 2.05) is 0 Å². The topological polar surface area (TPSA) is 130 Å². The van der Waals surface area contributed by atoms with Crippen LogP contribution in [-0.2, 0) is 14.3 Å². The molecule has 0 bridgehead atoms. The molecule has 0 saturated carbocycles. The van der Waals surface area contributed by atoms with Crippen LogP contribution in [0.25, 0.3) is 0 Å². The minimum absolute atomic E-state index is 0.639. The van der Waals surface area contributed by atoms with E-state index in [0.29, 0.717) is 0 Å². The molecule has 0 saturated heterocycles. The molecule has 8 heteroatoms. The molecular formula is C9H16FNO6. The molecule has 100 valence electrons. The Kier molecular flexibility index (Phi) is 6.62. The lowest BCUT2D eigenvalue weighted by atomic mass is 10.1. The number of rotatable bonds is 7. The predicted octanol–water partition coefficient (Wildman–Crippen LogP) is -1.59. The highest BCUT2D eigenvalue weighted by Gasteiger charge is 2.28. The average Bonchev–Trinajstić information content (AvgIpc) is 2.27. The standard InChI is InChI=1S/C9H16FNO6/c1-4(7(13)3-12)17-9(16)5(10)2-6(11)8(14)15/h4-7,12-13H,2-3,11H2,1H3,(H,14,15)/t4-,5?,6?,7+/m0/s1. The van der Waals surface area contributed by atoms with Crippen LogP contribution < -0.4 is 5.73 Å². The van der Waals surface area contributed by atoms with Gasteiger partial charge >= 0.3 is 11.9 Å². The second kappa shape index (κ2) is 7.15. The smallest absolute Gasteiger partial charge is 0.341 e. The van der Waals surface area contributed by atoms with Crippen molar-refractivity contribution in [3.63, 3.8) is 0 Å². The number of carboxylic acid groups (broad SMARTS) is 1. The third-order valence-corrected chi connectivity index (χ3v) is 2.06. The van der Waals surface area contributed by atoms with Gasteiger partial charge in [0, 0.05) is 6.42 Å². The predicted molar refractivity (Wildman–Crippen MR) is 53.8 cm³/mol. The van der Waals surface area contributed by atoms with E-state index in [2.05, 4.69) is 4.74 Å². The highest BCUT2D eigenvalue weighted by molar-refractivity contribution is 5.78. The minimum atomic E-state index is -2.19. The molecule has 0 aliphatic carbocycles. The van der Waals surface area contributed by atoms with Crippen LogP contribution in [0, 0.1) is 0 Å². The molecule has 0 aromatic carbocycles. The van der Waals surface area contributed by atoms with Gasteiger partial charge in [0.2, 0.25) is 0 Å². The summed E-state index contributed by atoms with van der Waals surface area (Å²) >= 11 is 0. The van der Waals surface area contributed by atoms with Gasteiger partial charge in [0.05, 0.1) is 6.61 Å². The third kappa shape index (κ3) is 5.57. The Balaban J connectivity index is 4.18. The molecule has 0 aliphatic heterocycles. The first-order valence-corrected chi connectivity index (χ1v) is 4.91. The lowest BCUT2D eigenvalue weighted by Crippen LogP contribution is -2.38. The number of aliphatic hydroxyl groups is 2. The summed E-state index contributed by atoms with van der Waals surface area (Å²) in [5.41, 5.74) is 5.04. The molecule has 0 rings (SSSR count). The summed E-state index contributed by atoms with van der Waals surface area (Å²) in [5, 5.41) is 26.0. The molecule has 5 N–H and O–H groups in total. The summed E-state index contributed by atoms with van der Waals surface area (Å²) in [6, 6.07) is -1.50. The Morgan fingerprint density at radius 3 is 2.41 bits per heavy atom. The van der Waals surface area contributed by atoms with Gasteiger partial charge in [-0.25, -0.2) is 9.18 Å². The number of carbonyl (C=O) groups is 2. The number of nitrogens with two attached hydrogens (primary N) is 1. The lowest BCUT2D eigenvalue weighted by molar-refractivity contribution is -0.161. The first-order valence-electron chi connectivity index (χ1n) is 4.91. The Bertz CT molecular complexity index is 274.